The second-order valence-electron chi connectivity index (χ2n) is 5.81. The molecule has 2 saturated heterocycles. The summed E-state index contributed by atoms with van der Waals surface area (Å²) in [6.07, 6.45) is 1.95. The Labute approximate surface area is 141 Å². The highest BCUT2D eigenvalue weighted by molar-refractivity contribution is 5.91. The molecular weight excluding hydrogens is 324 g/mol. The molecule has 0 aromatic carbocycles. The molecular formula is C15H23ClN2O5. The fourth-order valence-electron chi connectivity index (χ4n) is 3.32. The number of hydrogen-bond acceptors (Lipinski definition) is 6. The Morgan fingerprint density at radius 1 is 1.35 bits per heavy atom. The van der Waals surface area contributed by atoms with E-state index in [1.165, 1.54) is 6.26 Å². The second kappa shape index (κ2) is 8.12. The van der Waals surface area contributed by atoms with Crippen LogP contribution in [-0.4, -0.2) is 71.6 Å². The molecule has 130 valence electrons. The molecule has 0 radical (unpaired) electrons. The van der Waals surface area contributed by atoms with Crippen LogP contribution in [0.15, 0.2) is 22.8 Å². The van der Waals surface area contributed by atoms with Crippen LogP contribution in [0, 0.1) is 0 Å². The summed E-state index contributed by atoms with van der Waals surface area (Å²) in [4.78, 5) is 14.1. The standard InChI is InChI=1S/C15H22N2O5.ClH/c18-9-12-14(19)13(17-5-1-2-6-17)11(22-12)8-16-15(20)10-4-3-7-21-10;/h3-4,7,11-14,18-19H,1-2,5-6,8-9H2,(H,16,20);1H/t11-,12+,13+,14-;/m1./s1. The molecule has 1 aromatic rings. The zero-order chi connectivity index (χ0) is 15.5. The molecule has 0 unspecified atom stereocenters. The molecule has 3 rings (SSSR count). The number of nitrogens with zero attached hydrogens (tertiary/aromatic N) is 1. The minimum absolute atomic E-state index is 0. The molecule has 2 aliphatic rings. The summed E-state index contributed by atoms with van der Waals surface area (Å²) in [5.74, 6) is -0.0642. The Balaban J connectivity index is 0.00000192. The topological polar surface area (TPSA) is 95.2 Å². The molecule has 0 saturated carbocycles. The summed E-state index contributed by atoms with van der Waals surface area (Å²) in [5.41, 5.74) is 0. The van der Waals surface area contributed by atoms with Gasteiger partial charge in [-0.3, -0.25) is 9.69 Å². The van der Waals surface area contributed by atoms with Gasteiger partial charge in [-0.05, 0) is 38.1 Å². The van der Waals surface area contributed by atoms with Crippen LogP contribution >= 0.6 is 12.4 Å². The molecule has 2 fully saturated rings. The van der Waals surface area contributed by atoms with Crippen LogP contribution in [0.1, 0.15) is 23.4 Å². The minimum atomic E-state index is -0.742. The van der Waals surface area contributed by atoms with Crippen LogP contribution in [0.2, 0.25) is 0 Å². The van der Waals surface area contributed by atoms with E-state index in [-0.39, 0.29) is 49.4 Å². The molecule has 1 aromatic heterocycles. The summed E-state index contributed by atoms with van der Waals surface area (Å²) >= 11 is 0. The molecule has 3 N–H and O–H groups in total. The monoisotopic (exact) mass is 346 g/mol. The molecule has 0 bridgehead atoms. The average Bonchev–Trinajstić information content (AvgIpc) is 3.25. The number of furan rings is 1. The lowest BCUT2D eigenvalue weighted by Gasteiger charge is -2.29. The van der Waals surface area contributed by atoms with Crippen molar-refractivity contribution < 1.29 is 24.2 Å². The van der Waals surface area contributed by atoms with Gasteiger partial charge in [0.1, 0.15) is 12.2 Å². The van der Waals surface area contributed by atoms with E-state index in [9.17, 15) is 15.0 Å². The quantitative estimate of drug-likeness (QED) is 0.695. The number of hydrogen-bond donors (Lipinski definition) is 3. The Morgan fingerprint density at radius 2 is 2.09 bits per heavy atom. The Hall–Kier alpha value is -1.12. The maximum absolute atomic E-state index is 11.9. The van der Waals surface area contributed by atoms with Gasteiger partial charge in [-0.25, -0.2) is 0 Å². The highest BCUT2D eigenvalue weighted by Gasteiger charge is 2.46. The van der Waals surface area contributed by atoms with Crippen molar-refractivity contribution >= 4 is 18.3 Å². The van der Waals surface area contributed by atoms with Gasteiger partial charge in [0.05, 0.1) is 25.0 Å². The van der Waals surface area contributed by atoms with Crippen molar-refractivity contribution in [3.63, 3.8) is 0 Å². The highest BCUT2D eigenvalue weighted by Crippen LogP contribution is 2.28. The van der Waals surface area contributed by atoms with Crippen molar-refractivity contribution in [2.24, 2.45) is 0 Å². The van der Waals surface area contributed by atoms with Crippen LogP contribution in [0.5, 0.6) is 0 Å². The van der Waals surface area contributed by atoms with Gasteiger partial charge in [-0.2, -0.15) is 0 Å². The molecule has 4 atom stereocenters. The van der Waals surface area contributed by atoms with Gasteiger partial charge in [0.2, 0.25) is 0 Å². The maximum Gasteiger partial charge on any atom is 0.287 e. The molecule has 23 heavy (non-hydrogen) atoms. The lowest BCUT2D eigenvalue weighted by atomic mass is 10.0. The predicted octanol–water partition coefficient (Wildman–Crippen LogP) is 0.0162. The number of carbonyl (C=O) groups is 1. The van der Waals surface area contributed by atoms with Gasteiger partial charge < -0.3 is 24.7 Å². The number of carbonyl (C=O) groups excluding carboxylic acids is 1. The van der Waals surface area contributed by atoms with E-state index in [0.29, 0.717) is 0 Å². The van der Waals surface area contributed by atoms with Crippen LogP contribution in [0.25, 0.3) is 0 Å². The van der Waals surface area contributed by atoms with Gasteiger partial charge >= 0.3 is 0 Å². The van der Waals surface area contributed by atoms with E-state index in [0.717, 1.165) is 25.9 Å². The van der Waals surface area contributed by atoms with Crippen molar-refractivity contribution in [1.29, 1.82) is 0 Å². The first-order valence-corrected chi connectivity index (χ1v) is 7.71. The number of nitrogens with one attached hydrogen (secondary N) is 1. The highest BCUT2D eigenvalue weighted by atomic mass is 35.5. The normalized spacial score (nSPS) is 31.0. The number of aliphatic hydroxyl groups excluding tert-OH is 2. The lowest BCUT2D eigenvalue weighted by Crippen LogP contribution is -2.50. The third kappa shape index (κ3) is 3.87. The average molecular weight is 347 g/mol. The van der Waals surface area contributed by atoms with Crippen molar-refractivity contribution in [2.75, 3.05) is 26.2 Å². The van der Waals surface area contributed by atoms with E-state index in [1.807, 2.05) is 0 Å². The Bertz CT molecular complexity index is 492. The first-order chi connectivity index (χ1) is 10.7. The zero-order valence-electron chi connectivity index (χ0n) is 12.8. The van der Waals surface area contributed by atoms with Crippen LogP contribution in [0.4, 0.5) is 0 Å². The predicted molar refractivity (Wildman–Crippen MR) is 84.6 cm³/mol. The van der Waals surface area contributed by atoms with E-state index in [1.54, 1.807) is 12.1 Å². The number of halogens is 1. The molecule has 3 heterocycles. The van der Waals surface area contributed by atoms with Crippen LogP contribution < -0.4 is 5.32 Å². The van der Waals surface area contributed by atoms with E-state index < -0.39 is 12.2 Å². The number of amides is 1. The van der Waals surface area contributed by atoms with Gasteiger partial charge in [-0.1, -0.05) is 0 Å². The fourth-order valence-corrected chi connectivity index (χ4v) is 3.32. The summed E-state index contributed by atoms with van der Waals surface area (Å²) in [6.45, 7) is 1.86. The molecule has 2 aliphatic heterocycles. The minimum Gasteiger partial charge on any atom is -0.459 e. The smallest absolute Gasteiger partial charge is 0.287 e. The molecule has 1 amide bonds. The molecule has 0 aliphatic carbocycles. The largest absolute Gasteiger partial charge is 0.459 e. The molecule has 0 spiro atoms. The molecule has 7 nitrogen and oxygen atoms in total. The third-order valence-corrected chi connectivity index (χ3v) is 4.41. The molecule has 8 heteroatoms. The van der Waals surface area contributed by atoms with Crippen LogP contribution in [0.3, 0.4) is 0 Å². The first-order valence-electron chi connectivity index (χ1n) is 7.71. The van der Waals surface area contributed by atoms with Crippen LogP contribution in [-0.2, 0) is 4.74 Å². The fraction of sp³-hybridized carbons (Fsp3) is 0.667. The summed E-state index contributed by atoms with van der Waals surface area (Å²) in [6, 6.07) is 3.05. The maximum atomic E-state index is 11.9. The van der Waals surface area contributed by atoms with Gasteiger partial charge in [0.25, 0.3) is 5.91 Å². The van der Waals surface area contributed by atoms with Gasteiger partial charge in [0.15, 0.2) is 5.76 Å². The Kier molecular flexibility index (Phi) is 6.43. The lowest BCUT2D eigenvalue weighted by molar-refractivity contribution is -0.0209. The van der Waals surface area contributed by atoms with E-state index in [2.05, 4.69) is 10.2 Å². The number of rotatable bonds is 5. The van der Waals surface area contributed by atoms with Crippen molar-refractivity contribution in [2.45, 2.75) is 37.2 Å². The van der Waals surface area contributed by atoms with Gasteiger partial charge in [0, 0.05) is 6.54 Å². The van der Waals surface area contributed by atoms with Crippen molar-refractivity contribution in [1.82, 2.24) is 10.2 Å². The first kappa shape index (κ1) is 18.2. The summed E-state index contributed by atoms with van der Waals surface area (Å²) in [7, 11) is 0. The zero-order valence-corrected chi connectivity index (χ0v) is 13.6. The number of ether oxygens (including phenoxy) is 1. The number of likely N-dealkylation sites (tertiary alicyclic amines) is 1. The van der Waals surface area contributed by atoms with Crippen molar-refractivity contribution in [3.8, 4) is 0 Å². The number of aliphatic hydroxyl groups is 2. The van der Waals surface area contributed by atoms with E-state index in [4.69, 9.17) is 9.15 Å². The second-order valence-corrected chi connectivity index (χ2v) is 5.81. The van der Waals surface area contributed by atoms with Crippen molar-refractivity contribution in [3.05, 3.63) is 24.2 Å². The Morgan fingerprint density at radius 3 is 2.70 bits per heavy atom. The van der Waals surface area contributed by atoms with E-state index >= 15 is 0 Å². The SMILES string of the molecule is Cl.O=C(NC[C@H]1O[C@@H](CO)[C@@H](O)[C@H]1N1CCCC1)c1ccco1. The summed E-state index contributed by atoms with van der Waals surface area (Å²) in [5, 5.41) is 22.5. The van der Waals surface area contributed by atoms with Gasteiger partial charge in [-0.15, -0.1) is 12.4 Å². The summed E-state index contributed by atoms with van der Waals surface area (Å²) < 4.78 is 10.8. The third-order valence-electron chi connectivity index (χ3n) is 4.41.